The quantitative estimate of drug-likeness (QED) is 0.696. The molecule has 0 spiro atoms. The third kappa shape index (κ3) is 4.18. The van der Waals surface area contributed by atoms with Gasteiger partial charge in [-0.1, -0.05) is 36.4 Å². The highest BCUT2D eigenvalue weighted by Gasteiger charge is 2.18. The Morgan fingerprint density at radius 3 is 2.45 bits per heavy atom. The Morgan fingerprint density at radius 2 is 1.72 bits per heavy atom. The van der Waals surface area contributed by atoms with Crippen LogP contribution in [-0.2, 0) is 6.42 Å². The lowest BCUT2D eigenvalue weighted by Gasteiger charge is -2.26. The fraction of sp³-hybridized carbons (Fsp3) is 0.273. The molecule has 3 aromatic rings. The van der Waals surface area contributed by atoms with Crippen molar-refractivity contribution in [1.29, 1.82) is 0 Å². The van der Waals surface area contributed by atoms with E-state index >= 15 is 0 Å². The second-order valence-corrected chi connectivity index (χ2v) is 7.23. The van der Waals surface area contributed by atoms with E-state index in [-0.39, 0.29) is 11.6 Å². The Kier molecular flexibility index (Phi) is 5.37. The van der Waals surface area contributed by atoms with Crippen LogP contribution in [0.3, 0.4) is 0 Å². The van der Waals surface area contributed by atoms with Gasteiger partial charge in [0, 0.05) is 25.1 Å². The summed E-state index contributed by atoms with van der Waals surface area (Å²) in [6.07, 6.45) is 3.72. The first-order valence-corrected chi connectivity index (χ1v) is 9.73. The third-order valence-corrected chi connectivity index (χ3v) is 5.23. The SMILES string of the molecule is O=C(O)c1n[nH]nc1Cc1ccc(-c2cccc(C(=O)N3CCCCC3)c2)cc1. The number of carboxylic acid groups (broad SMARTS) is 1. The van der Waals surface area contributed by atoms with Gasteiger partial charge < -0.3 is 10.0 Å². The number of aromatic amines is 1. The van der Waals surface area contributed by atoms with Crippen LogP contribution in [0.5, 0.6) is 0 Å². The van der Waals surface area contributed by atoms with Gasteiger partial charge in [-0.3, -0.25) is 4.79 Å². The van der Waals surface area contributed by atoms with Crippen LogP contribution < -0.4 is 0 Å². The summed E-state index contributed by atoms with van der Waals surface area (Å²) < 4.78 is 0. The molecule has 29 heavy (non-hydrogen) atoms. The molecule has 1 aliphatic rings. The highest BCUT2D eigenvalue weighted by Crippen LogP contribution is 2.23. The maximum Gasteiger partial charge on any atom is 0.358 e. The smallest absolute Gasteiger partial charge is 0.358 e. The number of carboxylic acids is 1. The first-order valence-electron chi connectivity index (χ1n) is 9.73. The monoisotopic (exact) mass is 390 g/mol. The van der Waals surface area contributed by atoms with Crippen LogP contribution in [-0.4, -0.2) is 50.4 Å². The summed E-state index contributed by atoms with van der Waals surface area (Å²) in [6, 6.07) is 15.5. The zero-order valence-corrected chi connectivity index (χ0v) is 16.0. The highest BCUT2D eigenvalue weighted by atomic mass is 16.4. The molecule has 1 fully saturated rings. The summed E-state index contributed by atoms with van der Waals surface area (Å²) in [4.78, 5) is 25.9. The zero-order chi connectivity index (χ0) is 20.2. The minimum absolute atomic E-state index is 0.0574. The Balaban J connectivity index is 1.51. The molecule has 1 aromatic heterocycles. The first-order chi connectivity index (χ1) is 14.1. The van der Waals surface area contributed by atoms with Gasteiger partial charge in [0.15, 0.2) is 5.69 Å². The van der Waals surface area contributed by atoms with Crippen LogP contribution in [0.2, 0.25) is 0 Å². The van der Waals surface area contributed by atoms with E-state index < -0.39 is 5.97 Å². The average molecular weight is 390 g/mol. The minimum atomic E-state index is -1.10. The molecule has 0 unspecified atom stereocenters. The summed E-state index contributed by atoms with van der Waals surface area (Å²) in [5.74, 6) is -1.00. The minimum Gasteiger partial charge on any atom is -0.476 e. The van der Waals surface area contributed by atoms with E-state index in [0.29, 0.717) is 17.7 Å². The Morgan fingerprint density at radius 1 is 0.966 bits per heavy atom. The number of nitrogens with zero attached hydrogens (tertiary/aromatic N) is 3. The number of nitrogens with one attached hydrogen (secondary N) is 1. The summed E-state index contributed by atoms with van der Waals surface area (Å²) in [6.45, 7) is 1.66. The van der Waals surface area contributed by atoms with E-state index in [1.165, 1.54) is 6.42 Å². The summed E-state index contributed by atoms with van der Waals surface area (Å²) >= 11 is 0. The predicted molar refractivity (Wildman–Crippen MR) is 108 cm³/mol. The van der Waals surface area contributed by atoms with Gasteiger partial charge in [0.2, 0.25) is 0 Å². The van der Waals surface area contributed by atoms with Crippen LogP contribution in [0, 0.1) is 0 Å². The van der Waals surface area contributed by atoms with Crippen molar-refractivity contribution in [3.05, 3.63) is 71.0 Å². The molecule has 148 valence electrons. The van der Waals surface area contributed by atoms with Crippen LogP contribution in [0.4, 0.5) is 0 Å². The number of hydrogen-bond donors (Lipinski definition) is 2. The Labute approximate surface area is 168 Å². The summed E-state index contributed by atoms with van der Waals surface area (Å²) in [7, 11) is 0. The van der Waals surface area contributed by atoms with Crippen molar-refractivity contribution >= 4 is 11.9 Å². The second kappa shape index (κ2) is 8.26. The van der Waals surface area contributed by atoms with E-state index in [4.69, 9.17) is 5.11 Å². The number of piperidine rings is 1. The van der Waals surface area contributed by atoms with Crippen LogP contribution in [0.1, 0.15) is 51.4 Å². The van der Waals surface area contributed by atoms with Crippen molar-refractivity contribution in [2.24, 2.45) is 0 Å². The van der Waals surface area contributed by atoms with E-state index in [0.717, 1.165) is 42.6 Å². The molecule has 1 aliphatic heterocycles. The van der Waals surface area contributed by atoms with Gasteiger partial charge in [0.05, 0.1) is 0 Å². The zero-order valence-electron chi connectivity index (χ0n) is 16.0. The lowest BCUT2D eigenvalue weighted by Crippen LogP contribution is -2.35. The fourth-order valence-corrected chi connectivity index (χ4v) is 3.67. The molecule has 2 aromatic carbocycles. The molecule has 4 rings (SSSR count). The number of benzene rings is 2. The number of carbonyl (C=O) groups excluding carboxylic acids is 1. The summed E-state index contributed by atoms with van der Waals surface area (Å²) in [5, 5.41) is 19.1. The van der Waals surface area contributed by atoms with Gasteiger partial charge in [-0.2, -0.15) is 10.3 Å². The van der Waals surface area contributed by atoms with E-state index in [2.05, 4.69) is 15.4 Å². The molecular formula is C22H22N4O3. The van der Waals surface area contributed by atoms with Crippen molar-refractivity contribution in [2.45, 2.75) is 25.7 Å². The number of likely N-dealkylation sites (tertiary alicyclic amines) is 1. The maximum absolute atomic E-state index is 12.8. The molecule has 7 nitrogen and oxygen atoms in total. The molecule has 2 heterocycles. The van der Waals surface area contributed by atoms with Crippen LogP contribution >= 0.6 is 0 Å². The van der Waals surface area contributed by atoms with E-state index in [1.807, 2.05) is 53.4 Å². The number of hydrogen-bond acceptors (Lipinski definition) is 4. The number of H-pyrrole nitrogens is 1. The van der Waals surface area contributed by atoms with Gasteiger partial charge in [0.1, 0.15) is 5.69 Å². The predicted octanol–water partition coefficient (Wildman–Crippen LogP) is 3.39. The highest BCUT2D eigenvalue weighted by molar-refractivity contribution is 5.95. The summed E-state index contributed by atoms with van der Waals surface area (Å²) in [5.41, 5.74) is 3.97. The van der Waals surface area contributed by atoms with Crippen molar-refractivity contribution in [3.63, 3.8) is 0 Å². The number of aromatic carboxylic acids is 1. The molecule has 2 N–H and O–H groups in total. The van der Waals surface area contributed by atoms with E-state index in [1.54, 1.807) is 0 Å². The normalized spacial score (nSPS) is 14.0. The molecule has 1 amide bonds. The Bertz CT molecular complexity index is 1020. The van der Waals surface area contributed by atoms with Crippen molar-refractivity contribution < 1.29 is 14.7 Å². The largest absolute Gasteiger partial charge is 0.476 e. The van der Waals surface area contributed by atoms with Crippen molar-refractivity contribution in [3.8, 4) is 11.1 Å². The lowest BCUT2D eigenvalue weighted by molar-refractivity contribution is 0.0687. The molecule has 0 radical (unpaired) electrons. The fourth-order valence-electron chi connectivity index (χ4n) is 3.67. The maximum atomic E-state index is 12.8. The van der Waals surface area contributed by atoms with Gasteiger partial charge in [-0.25, -0.2) is 4.79 Å². The molecule has 0 atom stereocenters. The van der Waals surface area contributed by atoms with Crippen molar-refractivity contribution in [2.75, 3.05) is 13.1 Å². The van der Waals surface area contributed by atoms with Gasteiger partial charge >= 0.3 is 5.97 Å². The van der Waals surface area contributed by atoms with Crippen LogP contribution in [0.15, 0.2) is 48.5 Å². The molecule has 1 saturated heterocycles. The average Bonchev–Trinajstić information content (AvgIpc) is 3.23. The Hall–Kier alpha value is -3.48. The number of rotatable bonds is 5. The number of amides is 1. The third-order valence-electron chi connectivity index (χ3n) is 5.23. The van der Waals surface area contributed by atoms with Crippen molar-refractivity contribution in [1.82, 2.24) is 20.3 Å². The number of aromatic nitrogens is 3. The molecule has 0 bridgehead atoms. The number of carbonyl (C=O) groups is 2. The van der Waals surface area contributed by atoms with Crippen LogP contribution in [0.25, 0.3) is 11.1 Å². The standard InChI is InChI=1S/C22H22N4O3/c27-21(26-11-2-1-3-12-26)18-6-4-5-17(14-18)16-9-7-15(8-10-16)13-19-20(22(28)29)24-25-23-19/h4-10,14H,1-3,11-13H2,(H,28,29)(H,23,24,25). The van der Waals surface area contributed by atoms with Gasteiger partial charge in [-0.05, 0) is 48.1 Å². The van der Waals surface area contributed by atoms with E-state index in [9.17, 15) is 9.59 Å². The lowest BCUT2D eigenvalue weighted by atomic mass is 9.99. The molecule has 0 saturated carbocycles. The second-order valence-electron chi connectivity index (χ2n) is 7.23. The topological polar surface area (TPSA) is 99.2 Å². The molecular weight excluding hydrogens is 368 g/mol. The first kappa shape index (κ1) is 18.9. The molecule has 0 aliphatic carbocycles. The molecule has 7 heteroatoms. The van der Waals surface area contributed by atoms with Gasteiger partial charge in [0.25, 0.3) is 5.91 Å². The van der Waals surface area contributed by atoms with Gasteiger partial charge in [-0.15, -0.1) is 5.10 Å².